The molecule has 2 rings (SSSR count). The zero-order chi connectivity index (χ0) is 14.7. The van der Waals surface area contributed by atoms with Crippen molar-refractivity contribution in [2.45, 2.75) is 26.8 Å². The van der Waals surface area contributed by atoms with Crippen molar-refractivity contribution in [2.24, 2.45) is 0 Å². The summed E-state index contributed by atoms with van der Waals surface area (Å²) in [6.07, 6.45) is 0.838. The summed E-state index contributed by atoms with van der Waals surface area (Å²) < 4.78 is 12.7. The van der Waals surface area contributed by atoms with Crippen LogP contribution in [0.1, 0.15) is 19.7 Å². The maximum absolute atomic E-state index is 6.24. The Morgan fingerprint density at radius 2 is 1.95 bits per heavy atom. The molecule has 0 saturated carbocycles. The third-order valence-electron chi connectivity index (χ3n) is 3.38. The highest BCUT2D eigenvalue weighted by Crippen LogP contribution is 2.36. The SMILES string of the molecule is CCc1nc(-c2cc(OC)ccc2OC)c(N)n1CC. The molecule has 0 radical (unpaired) electrons. The van der Waals surface area contributed by atoms with Crippen molar-refractivity contribution in [1.29, 1.82) is 0 Å². The van der Waals surface area contributed by atoms with E-state index in [0.29, 0.717) is 5.82 Å². The number of nitrogen functional groups attached to an aromatic ring is 1. The van der Waals surface area contributed by atoms with Gasteiger partial charge in [-0.3, -0.25) is 0 Å². The number of hydrogen-bond acceptors (Lipinski definition) is 4. The minimum absolute atomic E-state index is 0.663. The molecule has 0 unspecified atom stereocenters. The molecule has 1 aromatic carbocycles. The van der Waals surface area contributed by atoms with E-state index >= 15 is 0 Å². The Kier molecular flexibility index (Phi) is 4.17. The summed E-state index contributed by atoms with van der Waals surface area (Å²) in [5.74, 6) is 3.13. The zero-order valence-electron chi connectivity index (χ0n) is 12.4. The number of nitrogens with zero attached hydrogens (tertiary/aromatic N) is 2. The number of hydrogen-bond donors (Lipinski definition) is 1. The Morgan fingerprint density at radius 1 is 1.20 bits per heavy atom. The van der Waals surface area contributed by atoms with Gasteiger partial charge in [0.2, 0.25) is 0 Å². The van der Waals surface area contributed by atoms with Crippen molar-refractivity contribution in [3.05, 3.63) is 24.0 Å². The largest absolute Gasteiger partial charge is 0.497 e. The molecule has 5 nitrogen and oxygen atoms in total. The average molecular weight is 275 g/mol. The van der Waals surface area contributed by atoms with Crippen LogP contribution in [-0.2, 0) is 13.0 Å². The Labute approximate surface area is 119 Å². The number of nitrogens with two attached hydrogens (primary N) is 1. The summed E-state index contributed by atoms with van der Waals surface area (Å²) >= 11 is 0. The summed E-state index contributed by atoms with van der Waals surface area (Å²) in [5, 5.41) is 0. The van der Waals surface area contributed by atoms with E-state index in [2.05, 4.69) is 18.8 Å². The molecular formula is C15H21N3O2. The number of anilines is 1. The molecule has 0 aliphatic rings. The summed E-state index contributed by atoms with van der Waals surface area (Å²) in [7, 11) is 3.27. The molecule has 5 heteroatoms. The van der Waals surface area contributed by atoms with Gasteiger partial charge in [0.1, 0.15) is 28.8 Å². The summed E-state index contributed by atoms with van der Waals surface area (Å²) in [5.41, 5.74) is 7.84. The molecule has 1 heterocycles. The number of rotatable bonds is 5. The van der Waals surface area contributed by atoms with Crippen LogP contribution in [0.25, 0.3) is 11.3 Å². The quantitative estimate of drug-likeness (QED) is 0.911. The molecule has 0 saturated heterocycles. The van der Waals surface area contributed by atoms with Gasteiger partial charge >= 0.3 is 0 Å². The normalized spacial score (nSPS) is 10.6. The van der Waals surface area contributed by atoms with E-state index in [1.54, 1.807) is 14.2 Å². The first-order valence-electron chi connectivity index (χ1n) is 6.73. The van der Waals surface area contributed by atoms with E-state index < -0.39 is 0 Å². The van der Waals surface area contributed by atoms with Gasteiger partial charge in [0.05, 0.1) is 14.2 Å². The minimum atomic E-state index is 0.663. The molecule has 0 amide bonds. The van der Waals surface area contributed by atoms with Gasteiger partial charge in [-0.05, 0) is 25.1 Å². The number of aromatic nitrogens is 2. The van der Waals surface area contributed by atoms with E-state index in [1.807, 2.05) is 22.8 Å². The molecule has 1 aromatic heterocycles. The number of aryl methyl sites for hydroxylation is 1. The summed E-state index contributed by atoms with van der Waals surface area (Å²) in [6, 6.07) is 5.62. The predicted molar refractivity (Wildman–Crippen MR) is 80.2 cm³/mol. The second-order valence-corrected chi connectivity index (χ2v) is 4.43. The van der Waals surface area contributed by atoms with Crippen LogP contribution >= 0.6 is 0 Å². The average Bonchev–Trinajstić information content (AvgIpc) is 2.82. The third-order valence-corrected chi connectivity index (χ3v) is 3.38. The highest BCUT2D eigenvalue weighted by atomic mass is 16.5. The number of imidazole rings is 1. The fraction of sp³-hybridized carbons (Fsp3) is 0.400. The maximum Gasteiger partial charge on any atom is 0.131 e. The predicted octanol–water partition coefficient (Wildman–Crippen LogP) is 2.73. The van der Waals surface area contributed by atoms with Gasteiger partial charge in [0.25, 0.3) is 0 Å². The highest BCUT2D eigenvalue weighted by molar-refractivity contribution is 5.77. The second-order valence-electron chi connectivity index (χ2n) is 4.43. The van der Waals surface area contributed by atoms with Gasteiger partial charge in [0, 0.05) is 18.5 Å². The molecule has 0 aliphatic carbocycles. The maximum atomic E-state index is 6.24. The van der Waals surface area contributed by atoms with Crippen molar-refractivity contribution in [2.75, 3.05) is 20.0 Å². The minimum Gasteiger partial charge on any atom is -0.497 e. The number of methoxy groups -OCH3 is 2. The molecule has 0 fully saturated rings. The molecule has 2 N–H and O–H groups in total. The zero-order valence-corrected chi connectivity index (χ0v) is 12.4. The topological polar surface area (TPSA) is 62.3 Å². The summed E-state index contributed by atoms with van der Waals surface area (Å²) in [4.78, 5) is 4.66. The molecule has 0 atom stereocenters. The smallest absolute Gasteiger partial charge is 0.131 e. The van der Waals surface area contributed by atoms with Crippen LogP contribution < -0.4 is 15.2 Å². The van der Waals surface area contributed by atoms with E-state index in [1.165, 1.54) is 0 Å². The van der Waals surface area contributed by atoms with E-state index in [0.717, 1.165) is 41.5 Å². The van der Waals surface area contributed by atoms with E-state index in [9.17, 15) is 0 Å². The fourth-order valence-electron chi connectivity index (χ4n) is 2.33. The lowest BCUT2D eigenvalue weighted by Crippen LogP contribution is -2.04. The third kappa shape index (κ3) is 2.31. The Balaban J connectivity index is 2.64. The van der Waals surface area contributed by atoms with Crippen LogP contribution in [0.15, 0.2) is 18.2 Å². The molecule has 0 spiro atoms. The van der Waals surface area contributed by atoms with Crippen molar-refractivity contribution in [3.8, 4) is 22.8 Å². The molecule has 2 aromatic rings. The van der Waals surface area contributed by atoms with Gasteiger partial charge in [-0.25, -0.2) is 4.98 Å². The number of benzene rings is 1. The molecule has 20 heavy (non-hydrogen) atoms. The highest BCUT2D eigenvalue weighted by Gasteiger charge is 2.18. The Bertz CT molecular complexity index is 605. The van der Waals surface area contributed by atoms with Crippen LogP contribution in [0, 0.1) is 0 Å². The van der Waals surface area contributed by atoms with Crippen molar-refractivity contribution < 1.29 is 9.47 Å². The standard InChI is InChI=1S/C15H21N3O2/c1-5-13-17-14(15(16)18(13)6-2)11-9-10(19-3)7-8-12(11)20-4/h7-9H,5-6,16H2,1-4H3. The lowest BCUT2D eigenvalue weighted by atomic mass is 10.1. The Morgan fingerprint density at radius 3 is 2.45 bits per heavy atom. The second kappa shape index (κ2) is 5.86. The lowest BCUT2D eigenvalue weighted by Gasteiger charge is -2.10. The van der Waals surface area contributed by atoms with Crippen LogP contribution in [0.2, 0.25) is 0 Å². The van der Waals surface area contributed by atoms with Gasteiger partial charge in [-0.15, -0.1) is 0 Å². The van der Waals surface area contributed by atoms with Crippen molar-refractivity contribution >= 4 is 5.82 Å². The van der Waals surface area contributed by atoms with Crippen LogP contribution in [-0.4, -0.2) is 23.8 Å². The molecular weight excluding hydrogens is 254 g/mol. The molecule has 108 valence electrons. The Hall–Kier alpha value is -2.17. The van der Waals surface area contributed by atoms with Crippen molar-refractivity contribution in [1.82, 2.24) is 9.55 Å². The van der Waals surface area contributed by atoms with Gasteiger partial charge < -0.3 is 19.8 Å². The first-order chi connectivity index (χ1) is 9.65. The monoisotopic (exact) mass is 275 g/mol. The first kappa shape index (κ1) is 14.2. The summed E-state index contributed by atoms with van der Waals surface area (Å²) in [6.45, 7) is 4.93. The van der Waals surface area contributed by atoms with Gasteiger partial charge in [-0.2, -0.15) is 0 Å². The van der Waals surface area contributed by atoms with E-state index in [4.69, 9.17) is 15.2 Å². The van der Waals surface area contributed by atoms with Gasteiger partial charge in [0.15, 0.2) is 0 Å². The first-order valence-corrected chi connectivity index (χ1v) is 6.73. The number of ether oxygens (including phenoxy) is 2. The van der Waals surface area contributed by atoms with Crippen molar-refractivity contribution in [3.63, 3.8) is 0 Å². The van der Waals surface area contributed by atoms with Crippen LogP contribution in [0.4, 0.5) is 5.82 Å². The fourth-order valence-corrected chi connectivity index (χ4v) is 2.33. The van der Waals surface area contributed by atoms with E-state index in [-0.39, 0.29) is 0 Å². The van der Waals surface area contributed by atoms with Gasteiger partial charge in [-0.1, -0.05) is 6.92 Å². The van der Waals surface area contributed by atoms with Crippen LogP contribution in [0.5, 0.6) is 11.5 Å². The molecule has 0 bridgehead atoms. The molecule has 0 aliphatic heterocycles. The lowest BCUT2D eigenvalue weighted by molar-refractivity contribution is 0.404. The van der Waals surface area contributed by atoms with Crippen LogP contribution in [0.3, 0.4) is 0 Å².